The number of hydrogen-bond donors (Lipinski definition) is 0. The van der Waals surface area contributed by atoms with Crippen LogP contribution in [0, 0.1) is 0 Å². The normalized spacial score (nSPS) is 21.0. The summed E-state index contributed by atoms with van der Waals surface area (Å²) in [5.74, 6) is 0.678. The van der Waals surface area contributed by atoms with Crippen molar-refractivity contribution in [1.82, 2.24) is 4.98 Å². The number of aryl methyl sites for hydroxylation is 1. The quantitative estimate of drug-likeness (QED) is 0.649. The van der Waals surface area contributed by atoms with E-state index in [0.29, 0.717) is 5.92 Å². The summed E-state index contributed by atoms with van der Waals surface area (Å²) in [6.45, 7) is 2.22. The highest BCUT2D eigenvalue weighted by atomic mass is 35.5. The van der Waals surface area contributed by atoms with Crippen LogP contribution in [-0.2, 0) is 6.42 Å². The Balaban J connectivity index is 2.40. The lowest BCUT2D eigenvalue weighted by atomic mass is 10.0. The minimum atomic E-state index is 0.678. The van der Waals surface area contributed by atoms with Gasteiger partial charge >= 0.3 is 0 Å². The Kier molecular flexibility index (Phi) is 2.05. The molecule has 1 aliphatic rings. The fourth-order valence-electron chi connectivity index (χ4n) is 1.92. The van der Waals surface area contributed by atoms with Crippen molar-refractivity contribution in [1.29, 1.82) is 0 Å². The number of nitrogens with zero attached hydrogens (tertiary/aromatic N) is 1. The van der Waals surface area contributed by atoms with Crippen molar-refractivity contribution >= 4 is 11.6 Å². The summed E-state index contributed by atoms with van der Waals surface area (Å²) in [6, 6.07) is 2.06. The third kappa shape index (κ3) is 1.22. The second-order valence-corrected chi connectivity index (χ2v) is 3.78. The van der Waals surface area contributed by atoms with Crippen LogP contribution in [0.1, 0.15) is 36.9 Å². The first kappa shape index (κ1) is 8.06. The van der Waals surface area contributed by atoms with Gasteiger partial charge in [0.05, 0.1) is 5.02 Å². The summed E-state index contributed by atoms with van der Waals surface area (Å²) in [5.41, 5.74) is 2.64. The molecule has 0 fully saturated rings. The molecule has 0 amide bonds. The largest absolute Gasteiger partial charge is 0.259 e. The standard InChI is InChI=1S/C10H12ClN/c1-2-7-3-4-8-5-9(11)6-12-10(7)8/h5-7H,2-4H2,1H3/t7-/m1/s1. The lowest BCUT2D eigenvalue weighted by Crippen LogP contribution is -1.93. The first-order valence-electron chi connectivity index (χ1n) is 4.45. The van der Waals surface area contributed by atoms with Gasteiger partial charge in [-0.2, -0.15) is 0 Å². The molecule has 0 spiro atoms. The van der Waals surface area contributed by atoms with E-state index in [1.165, 1.54) is 24.1 Å². The number of halogens is 1. The van der Waals surface area contributed by atoms with Crippen LogP contribution in [0.25, 0.3) is 0 Å². The zero-order valence-corrected chi connectivity index (χ0v) is 7.93. The summed E-state index contributed by atoms with van der Waals surface area (Å²) in [4.78, 5) is 4.38. The fourth-order valence-corrected chi connectivity index (χ4v) is 2.10. The van der Waals surface area contributed by atoms with Gasteiger partial charge in [-0.1, -0.05) is 18.5 Å². The van der Waals surface area contributed by atoms with Crippen molar-refractivity contribution in [3.8, 4) is 0 Å². The summed E-state index contributed by atoms with van der Waals surface area (Å²) >= 11 is 5.85. The van der Waals surface area contributed by atoms with Crippen LogP contribution in [0.5, 0.6) is 0 Å². The number of pyridine rings is 1. The van der Waals surface area contributed by atoms with E-state index < -0.39 is 0 Å². The lowest BCUT2D eigenvalue weighted by molar-refractivity contribution is 0.643. The molecule has 0 aliphatic heterocycles. The van der Waals surface area contributed by atoms with Gasteiger partial charge in [0, 0.05) is 17.8 Å². The maximum absolute atomic E-state index is 5.85. The van der Waals surface area contributed by atoms with Gasteiger partial charge in [0.25, 0.3) is 0 Å². The Hall–Kier alpha value is -0.560. The molecule has 64 valence electrons. The summed E-state index contributed by atoms with van der Waals surface area (Å²) in [6.07, 6.45) is 5.36. The van der Waals surface area contributed by atoms with E-state index in [0.717, 1.165) is 11.4 Å². The SMILES string of the molecule is CC[C@@H]1CCc2cc(Cl)cnc21. The summed E-state index contributed by atoms with van der Waals surface area (Å²) < 4.78 is 0. The van der Waals surface area contributed by atoms with Crippen LogP contribution >= 0.6 is 11.6 Å². The molecule has 0 saturated carbocycles. The maximum Gasteiger partial charge on any atom is 0.0592 e. The Labute approximate surface area is 77.8 Å². The van der Waals surface area contributed by atoms with Gasteiger partial charge in [-0.3, -0.25) is 4.98 Å². The van der Waals surface area contributed by atoms with Gasteiger partial charge in [-0.15, -0.1) is 0 Å². The molecule has 1 aliphatic carbocycles. The molecule has 1 aromatic rings. The Morgan fingerprint density at radius 1 is 1.67 bits per heavy atom. The molecule has 2 heteroatoms. The minimum absolute atomic E-state index is 0.678. The van der Waals surface area contributed by atoms with Gasteiger partial charge in [0.1, 0.15) is 0 Å². The molecule has 0 unspecified atom stereocenters. The number of aromatic nitrogens is 1. The van der Waals surface area contributed by atoms with Crippen molar-refractivity contribution < 1.29 is 0 Å². The van der Waals surface area contributed by atoms with E-state index in [2.05, 4.69) is 18.0 Å². The summed E-state index contributed by atoms with van der Waals surface area (Å²) in [7, 11) is 0. The van der Waals surface area contributed by atoms with E-state index in [1.807, 2.05) is 0 Å². The average molecular weight is 182 g/mol. The van der Waals surface area contributed by atoms with E-state index in [9.17, 15) is 0 Å². The fraction of sp³-hybridized carbons (Fsp3) is 0.500. The van der Waals surface area contributed by atoms with Crippen LogP contribution in [0.4, 0.5) is 0 Å². The predicted octanol–water partition coefficient (Wildman–Crippen LogP) is 3.17. The van der Waals surface area contributed by atoms with Gasteiger partial charge in [0.2, 0.25) is 0 Å². The molecule has 1 aromatic heterocycles. The molecule has 0 saturated heterocycles. The van der Waals surface area contributed by atoms with Crippen LogP contribution in [0.3, 0.4) is 0 Å². The number of rotatable bonds is 1. The molecule has 1 atom stereocenters. The smallest absolute Gasteiger partial charge is 0.0592 e. The first-order chi connectivity index (χ1) is 5.81. The minimum Gasteiger partial charge on any atom is -0.259 e. The molecule has 0 aromatic carbocycles. The van der Waals surface area contributed by atoms with E-state index >= 15 is 0 Å². The van der Waals surface area contributed by atoms with Crippen LogP contribution < -0.4 is 0 Å². The lowest BCUT2D eigenvalue weighted by Gasteiger charge is -2.05. The number of hydrogen-bond acceptors (Lipinski definition) is 1. The second kappa shape index (κ2) is 3.06. The molecule has 1 heterocycles. The highest BCUT2D eigenvalue weighted by Gasteiger charge is 2.21. The molecular weight excluding hydrogens is 170 g/mol. The topological polar surface area (TPSA) is 12.9 Å². The molecule has 0 bridgehead atoms. The van der Waals surface area contributed by atoms with Crippen LogP contribution in [0.15, 0.2) is 12.3 Å². The van der Waals surface area contributed by atoms with Crippen molar-refractivity contribution in [2.75, 3.05) is 0 Å². The molecule has 2 rings (SSSR count). The predicted molar refractivity (Wildman–Crippen MR) is 50.6 cm³/mol. The van der Waals surface area contributed by atoms with Gasteiger partial charge in [-0.25, -0.2) is 0 Å². The van der Waals surface area contributed by atoms with Gasteiger partial charge < -0.3 is 0 Å². The van der Waals surface area contributed by atoms with Gasteiger partial charge in [0.15, 0.2) is 0 Å². The summed E-state index contributed by atoms with van der Waals surface area (Å²) in [5, 5.41) is 0.769. The first-order valence-corrected chi connectivity index (χ1v) is 4.83. The number of fused-ring (bicyclic) bond motifs is 1. The maximum atomic E-state index is 5.85. The Bertz CT molecular complexity index is 296. The van der Waals surface area contributed by atoms with Crippen molar-refractivity contribution in [2.24, 2.45) is 0 Å². The molecule has 12 heavy (non-hydrogen) atoms. The zero-order valence-electron chi connectivity index (χ0n) is 7.18. The van der Waals surface area contributed by atoms with Crippen molar-refractivity contribution in [2.45, 2.75) is 32.1 Å². The Morgan fingerprint density at radius 2 is 2.50 bits per heavy atom. The molecular formula is C10H12ClN. The second-order valence-electron chi connectivity index (χ2n) is 3.34. The molecule has 0 radical (unpaired) electrons. The zero-order chi connectivity index (χ0) is 8.55. The molecule has 1 nitrogen and oxygen atoms in total. The molecule has 0 N–H and O–H groups in total. The average Bonchev–Trinajstić information content (AvgIpc) is 2.46. The van der Waals surface area contributed by atoms with E-state index in [-0.39, 0.29) is 0 Å². The van der Waals surface area contributed by atoms with Crippen LogP contribution in [-0.4, -0.2) is 4.98 Å². The highest BCUT2D eigenvalue weighted by molar-refractivity contribution is 6.30. The highest BCUT2D eigenvalue weighted by Crippen LogP contribution is 2.34. The van der Waals surface area contributed by atoms with Crippen molar-refractivity contribution in [3.63, 3.8) is 0 Å². The van der Waals surface area contributed by atoms with E-state index in [1.54, 1.807) is 6.20 Å². The Morgan fingerprint density at radius 3 is 3.25 bits per heavy atom. The monoisotopic (exact) mass is 181 g/mol. The third-order valence-electron chi connectivity index (χ3n) is 2.61. The van der Waals surface area contributed by atoms with Crippen LogP contribution in [0.2, 0.25) is 5.02 Å². The van der Waals surface area contributed by atoms with Crippen molar-refractivity contribution in [3.05, 3.63) is 28.5 Å². The van der Waals surface area contributed by atoms with E-state index in [4.69, 9.17) is 11.6 Å². The van der Waals surface area contributed by atoms with Gasteiger partial charge in [-0.05, 0) is 30.9 Å². The third-order valence-corrected chi connectivity index (χ3v) is 2.82.